The van der Waals surface area contributed by atoms with Crippen LogP contribution < -0.4 is 9.80 Å². The highest BCUT2D eigenvalue weighted by molar-refractivity contribution is 5.95. The predicted molar refractivity (Wildman–Crippen MR) is 124 cm³/mol. The lowest BCUT2D eigenvalue weighted by molar-refractivity contribution is -0.119. The van der Waals surface area contributed by atoms with Crippen molar-refractivity contribution in [1.29, 1.82) is 0 Å². The lowest BCUT2D eigenvalue weighted by Gasteiger charge is -2.31. The van der Waals surface area contributed by atoms with Gasteiger partial charge in [0.15, 0.2) is 0 Å². The Morgan fingerprint density at radius 1 is 1.13 bits per heavy atom. The number of fused-ring (bicyclic) bond motifs is 1. The highest BCUT2D eigenvalue weighted by Gasteiger charge is 2.27. The second kappa shape index (κ2) is 9.32. The maximum absolute atomic E-state index is 13.1. The summed E-state index contributed by atoms with van der Waals surface area (Å²) in [5.74, 6) is 1.96. The van der Waals surface area contributed by atoms with Crippen LogP contribution in [-0.2, 0) is 17.8 Å². The third-order valence-corrected chi connectivity index (χ3v) is 6.31. The standard InChI is InChI=1S/C24H34N6O/c1-27(2)22-15-19(25-24(26-22)21-12-8-13-29(21)4)16-28(3)17-23(31)30-14-7-10-18-9-5-6-11-20(18)30/h5-6,9,11,15,21H,7-8,10,12-14,16-17H2,1-4H3/t21-/m0/s1. The van der Waals surface area contributed by atoms with E-state index >= 15 is 0 Å². The van der Waals surface area contributed by atoms with Crippen molar-refractivity contribution in [2.24, 2.45) is 0 Å². The molecule has 166 valence electrons. The van der Waals surface area contributed by atoms with E-state index in [0.717, 1.165) is 55.4 Å². The van der Waals surface area contributed by atoms with Crippen molar-refractivity contribution in [3.8, 4) is 0 Å². The van der Waals surface area contributed by atoms with Gasteiger partial charge in [0, 0.05) is 38.9 Å². The normalized spacial score (nSPS) is 19.0. The van der Waals surface area contributed by atoms with Crippen molar-refractivity contribution in [2.75, 3.05) is 57.6 Å². The summed E-state index contributed by atoms with van der Waals surface area (Å²) in [4.78, 5) is 31.2. The lowest BCUT2D eigenvalue weighted by atomic mass is 10.0. The quantitative estimate of drug-likeness (QED) is 0.714. The molecule has 1 aromatic carbocycles. The van der Waals surface area contributed by atoms with Gasteiger partial charge in [0.25, 0.3) is 0 Å². The largest absolute Gasteiger partial charge is 0.363 e. The molecule has 2 aliphatic heterocycles. The van der Waals surface area contributed by atoms with Crippen LogP contribution in [0.15, 0.2) is 30.3 Å². The van der Waals surface area contributed by atoms with E-state index < -0.39 is 0 Å². The molecule has 3 heterocycles. The molecule has 1 atom stereocenters. The maximum atomic E-state index is 13.1. The number of benzene rings is 1. The number of carbonyl (C=O) groups is 1. The molecule has 2 aromatic rings. The van der Waals surface area contributed by atoms with Crippen LogP contribution in [0.25, 0.3) is 0 Å². The fourth-order valence-corrected chi connectivity index (χ4v) is 4.64. The number of anilines is 2. The average Bonchev–Trinajstić information content (AvgIpc) is 3.18. The Balaban J connectivity index is 1.47. The molecule has 0 radical (unpaired) electrons. The van der Waals surface area contributed by atoms with Crippen LogP contribution in [0.4, 0.5) is 11.5 Å². The zero-order chi connectivity index (χ0) is 22.0. The zero-order valence-electron chi connectivity index (χ0n) is 19.2. The molecule has 0 aliphatic carbocycles. The van der Waals surface area contributed by atoms with Crippen LogP contribution in [0.1, 0.15) is 42.4 Å². The smallest absolute Gasteiger partial charge is 0.241 e. The molecule has 0 saturated carbocycles. The Kier molecular flexibility index (Phi) is 6.53. The number of carbonyl (C=O) groups excluding carboxylic acids is 1. The van der Waals surface area contributed by atoms with Crippen molar-refractivity contribution < 1.29 is 4.79 Å². The van der Waals surface area contributed by atoms with E-state index in [4.69, 9.17) is 9.97 Å². The van der Waals surface area contributed by atoms with Gasteiger partial charge in [-0.2, -0.15) is 0 Å². The second-order valence-electron chi connectivity index (χ2n) is 9.06. The summed E-state index contributed by atoms with van der Waals surface area (Å²) in [7, 11) is 8.15. The third-order valence-electron chi connectivity index (χ3n) is 6.31. The molecule has 31 heavy (non-hydrogen) atoms. The maximum Gasteiger partial charge on any atom is 0.241 e. The van der Waals surface area contributed by atoms with Crippen molar-refractivity contribution in [3.63, 3.8) is 0 Å². The molecule has 0 bridgehead atoms. The van der Waals surface area contributed by atoms with Crippen LogP contribution in [0.2, 0.25) is 0 Å². The molecule has 2 aliphatic rings. The van der Waals surface area contributed by atoms with E-state index in [1.54, 1.807) is 0 Å². The molecule has 4 rings (SSSR count). The van der Waals surface area contributed by atoms with Gasteiger partial charge in [0.1, 0.15) is 11.6 Å². The summed E-state index contributed by atoms with van der Waals surface area (Å²) in [6, 6.07) is 10.6. The Morgan fingerprint density at radius 3 is 2.68 bits per heavy atom. The molecule has 7 nitrogen and oxygen atoms in total. The number of aryl methyl sites for hydroxylation is 1. The van der Waals surface area contributed by atoms with Crippen molar-refractivity contribution >= 4 is 17.4 Å². The summed E-state index contributed by atoms with van der Waals surface area (Å²) in [6.45, 7) is 2.86. The monoisotopic (exact) mass is 422 g/mol. The van der Waals surface area contributed by atoms with Crippen molar-refractivity contribution in [3.05, 3.63) is 47.4 Å². The predicted octanol–water partition coefficient (Wildman–Crippen LogP) is 2.72. The zero-order valence-corrected chi connectivity index (χ0v) is 19.2. The van der Waals surface area contributed by atoms with Crippen LogP contribution in [-0.4, -0.2) is 73.5 Å². The van der Waals surface area contributed by atoms with Crippen LogP contribution in [0, 0.1) is 0 Å². The molecule has 0 spiro atoms. The molecular weight excluding hydrogens is 388 g/mol. The number of likely N-dealkylation sites (N-methyl/N-ethyl adjacent to an activating group) is 1. The van der Waals surface area contributed by atoms with Gasteiger partial charge in [-0.25, -0.2) is 9.97 Å². The Morgan fingerprint density at radius 2 is 1.94 bits per heavy atom. The highest BCUT2D eigenvalue weighted by Crippen LogP contribution is 2.30. The number of aromatic nitrogens is 2. The summed E-state index contributed by atoms with van der Waals surface area (Å²) < 4.78 is 0. The summed E-state index contributed by atoms with van der Waals surface area (Å²) in [5.41, 5.74) is 3.29. The second-order valence-corrected chi connectivity index (χ2v) is 9.06. The molecular formula is C24H34N6O. The Bertz CT molecular complexity index is 930. The molecule has 1 saturated heterocycles. The number of nitrogens with zero attached hydrogens (tertiary/aromatic N) is 6. The molecule has 0 N–H and O–H groups in total. The minimum atomic E-state index is 0.146. The number of hydrogen-bond acceptors (Lipinski definition) is 6. The number of rotatable bonds is 6. The van der Waals surface area contributed by atoms with Crippen LogP contribution >= 0.6 is 0 Å². The first-order chi connectivity index (χ1) is 14.9. The molecule has 1 amide bonds. The summed E-state index contributed by atoms with van der Waals surface area (Å²) in [5, 5.41) is 0. The van der Waals surface area contributed by atoms with Gasteiger partial charge < -0.3 is 9.80 Å². The van der Waals surface area contributed by atoms with Gasteiger partial charge in [-0.05, 0) is 58.0 Å². The van der Waals surface area contributed by atoms with Gasteiger partial charge in [0.05, 0.1) is 18.3 Å². The number of para-hydroxylation sites is 1. The number of likely N-dealkylation sites (tertiary alicyclic amines) is 1. The fourth-order valence-electron chi connectivity index (χ4n) is 4.64. The van der Waals surface area contributed by atoms with Gasteiger partial charge in [-0.3, -0.25) is 14.6 Å². The SMILES string of the molecule is CN(CC(=O)N1CCCc2ccccc21)Cc1cc(N(C)C)nc([C@@H]2CCCN2C)n1. The first-order valence-corrected chi connectivity index (χ1v) is 11.2. The van der Waals surface area contributed by atoms with E-state index in [1.165, 1.54) is 12.0 Å². The Hall–Kier alpha value is -2.51. The van der Waals surface area contributed by atoms with Crippen LogP contribution in [0.3, 0.4) is 0 Å². The van der Waals surface area contributed by atoms with Gasteiger partial charge in [0.2, 0.25) is 5.91 Å². The highest BCUT2D eigenvalue weighted by atomic mass is 16.2. The first-order valence-electron chi connectivity index (χ1n) is 11.2. The number of hydrogen-bond donors (Lipinski definition) is 0. The van der Waals surface area contributed by atoms with Gasteiger partial charge in [-0.15, -0.1) is 0 Å². The van der Waals surface area contributed by atoms with Crippen LogP contribution in [0.5, 0.6) is 0 Å². The molecule has 0 unspecified atom stereocenters. The molecule has 1 fully saturated rings. The van der Waals surface area contributed by atoms with E-state index in [-0.39, 0.29) is 11.9 Å². The molecule has 7 heteroatoms. The third kappa shape index (κ3) is 4.88. The minimum Gasteiger partial charge on any atom is -0.363 e. The summed E-state index contributed by atoms with van der Waals surface area (Å²) >= 11 is 0. The van der Waals surface area contributed by atoms with Crippen molar-refractivity contribution in [1.82, 2.24) is 19.8 Å². The first kappa shape index (κ1) is 21.7. The van der Waals surface area contributed by atoms with E-state index in [9.17, 15) is 4.79 Å². The minimum absolute atomic E-state index is 0.146. The molecule has 1 aromatic heterocycles. The van der Waals surface area contributed by atoms with E-state index in [2.05, 4.69) is 35.0 Å². The van der Waals surface area contributed by atoms with E-state index in [1.807, 2.05) is 43.1 Å². The summed E-state index contributed by atoms with van der Waals surface area (Å²) in [6.07, 6.45) is 4.33. The lowest BCUT2D eigenvalue weighted by Crippen LogP contribution is -2.41. The Labute approximate surface area is 185 Å². The average molecular weight is 423 g/mol. The van der Waals surface area contributed by atoms with Gasteiger partial charge >= 0.3 is 0 Å². The fraction of sp³-hybridized carbons (Fsp3) is 0.542. The number of amides is 1. The van der Waals surface area contributed by atoms with E-state index in [0.29, 0.717) is 13.1 Å². The van der Waals surface area contributed by atoms with Crippen molar-refractivity contribution in [2.45, 2.75) is 38.3 Å². The van der Waals surface area contributed by atoms with Gasteiger partial charge in [-0.1, -0.05) is 18.2 Å². The topological polar surface area (TPSA) is 55.8 Å².